The van der Waals surface area contributed by atoms with Crippen LogP contribution in [0.3, 0.4) is 0 Å². The lowest BCUT2D eigenvalue weighted by Gasteiger charge is -2.40. The Labute approximate surface area is 83.9 Å². The first-order chi connectivity index (χ1) is 6.54. The summed E-state index contributed by atoms with van der Waals surface area (Å²) in [5, 5.41) is 12.5. The first-order valence-electron chi connectivity index (χ1n) is 5.34. The third-order valence-corrected chi connectivity index (χ3v) is 3.56. The predicted molar refractivity (Wildman–Crippen MR) is 52.6 cm³/mol. The van der Waals surface area contributed by atoms with E-state index >= 15 is 0 Å². The summed E-state index contributed by atoms with van der Waals surface area (Å²) in [6.07, 6.45) is 5.23. The van der Waals surface area contributed by atoms with Crippen molar-refractivity contribution in [3.05, 3.63) is 0 Å². The van der Waals surface area contributed by atoms with Crippen LogP contribution in [0.4, 0.5) is 0 Å². The normalized spacial score (nSPS) is 27.3. The zero-order chi connectivity index (χ0) is 10.2. The monoisotopic (exact) mass is 198 g/mol. The van der Waals surface area contributed by atoms with E-state index in [-0.39, 0.29) is 5.91 Å². The van der Waals surface area contributed by atoms with Gasteiger partial charge in [0.05, 0.1) is 11.1 Å². The van der Waals surface area contributed by atoms with Crippen molar-refractivity contribution in [1.82, 2.24) is 5.32 Å². The van der Waals surface area contributed by atoms with E-state index in [4.69, 9.17) is 5.73 Å². The molecule has 2 fully saturated rings. The zero-order valence-corrected chi connectivity index (χ0v) is 8.38. The lowest BCUT2D eigenvalue weighted by atomic mass is 9.76. The van der Waals surface area contributed by atoms with E-state index in [1.165, 1.54) is 0 Å². The molecule has 0 atom stereocenters. The molecule has 2 rings (SSSR count). The largest absolute Gasteiger partial charge is 0.388 e. The molecule has 0 spiro atoms. The van der Waals surface area contributed by atoms with Crippen molar-refractivity contribution in [1.29, 1.82) is 0 Å². The molecule has 4 N–H and O–H groups in total. The van der Waals surface area contributed by atoms with Gasteiger partial charge >= 0.3 is 0 Å². The second-order valence-electron chi connectivity index (χ2n) is 4.77. The van der Waals surface area contributed by atoms with Crippen LogP contribution in [0.25, 0.3) is 0 Å². The quantitative estimate of drug-likeness (QED) is 0.592. The summed E-state index contributed by atoms with van der Waals surface area (Å²) < 4.78 is 0. The van der Waals surface area contributed by atoms with Gasteiger partial charge in [-0.15, -0.1) is 0 Å². The summed E-state index contributed by atoms with van der Waals surface area (Å²) >= 11 is 0. The standard InChI is InChI=1S/C10H18N2O2/c11-10(5-2-6-10)8(13)12-7-9(14)3-1-4-9/h14H,1-7,11H2,(H,12,13). The maximum atomic E-state index is 11.6. The molecule has 0 heterocycles. The molecule has 0 unspecified atom stereocenters. The SMILES string of the molecule is NC1(C(=O)NCC2(O)CCC2)CCC1. The highest BCUT2D eigenvalue weighted by Crippen LogP contribution is 2.32. The maximum absolute atomic E-state index is 11.6. The minimum atomic E-state index is -0.643. The van der Waals surface area contributed by atoms with E-state index in [2.05, 4.69) is 5.32 Å². The van der Waals surface area contributed by atoms with Gasteiger partial charge in [-0.25, -0.2) is 0 Å². The van der Waals surface area contributed by atoms with E-state index in [9.17, 15) is 9.90 Å². The Hall–Kier alpha value is -0.610. The van der Waals surface area contributed by atoms with Crippen LogP contribution >= 0.6 is 0 Å². The fourth-order valence-corrected chi connectivity index (χ4v) is 1.97. The Morgan fingerprint density at radius 3 is 2.21 bits per heavy atom. The summed E-state index contributed by atoms with van der Waals surface area (Å²) in [6.45, 7) is 0.366. The molecule has 4 nitrogen and oxygen atoms in total. The number of nitrogens with one attached hydrogen (secondary N) is 1. The summed E-state index contributed by atoms with van der Waals surface area (Å²) in [6, 6.07) is 0. The summed E-state index contributed by atoms with van der Waals surface area (Å²) in [4.78, 5) is 11.6. The zero-order valence-electron chi connectivity index (χ0n) is 8.38. The van der Waals surface area contributed by atoms with E-state index in [0.29, 0.717) is 6.54 Å². The molecular weight excluding hydrogens is 180 g/mol. The Morgan fingerprint density at radius 2 is 1.86 bits per heavy atom. The molecule has 0 aromatic carbocycles. The van der Waals surface area contributed by atoms with Crippen LogP contribution in [0.5, 0.6) is 0 Å². The number of carbonyl (C=O) groups excluding carboxylic acids is 1. The van der Waals surface area contributed by atoms with Crippen molar-refractivity contribution in [3.63, 3.8) is 0 Å². The molecule has 2 aliphatic carbocycles. The number of rotatable bonds is 3. The first kappa shape index (κ1) is 9.93. The molecule has 2 saturated carbocycles. The molecule has 0 saturated heterocycles. The molecule has 0 aliphatic heterocycles. The third-order valence-electron chi connectivity index (χ3n) is 3.56. The van der Waals surface area contributed by atoms with Gasteiger partial charge in [-0.1, -0.05) is 0 Å². The molecule has 2 aliphatic rings. The third kappa shape index (κ3) is 1.64. The van der Waals surface area contributed by atoms with E-state index in [1.807, 2.05) is 0 Å². The van der Waals surface area contributed by atoms with E-state index < -0.39 is 11.1 Å². The van der Waals surface area contributed by atoms with E-state index in [1.54, 1.807) is 0 Å². The fourth-order valence-electron chi connectivity index (χ4n) is 1.97. The van der Waals surface area contributed by atoms with Crippen LogP contribution in [-0.4, -0.2) is 28.7 Å². The molecule has 4 heteroatoms. The number of carbonyl (C=O) groups is 1. The van der Waals surface area contributed by atoms with Crippen molar-refractivity contribution in [2.45, 2.75) is 49.7 Å². The average molecular weight is 198 g/mol. The number of amides is 1. The summed E-state index contributed by atoms with van der Waals surface area (Å²) in [5.41, 5.74) is 4.56. The lowest BCUT2D eigenvalue weighted by molar-refractivity contribution is -0.131. The highest BCUT2D eigenvalue weighted by Gasteiger charge is 2.42. The highest BCUT2D eigenvalue weighted by molar-refractivity contribution is 5.87. The molecule has 80 valence electrons. The van der Waals surface area contributed by atoms with Crippen LogP contribution in [0.1, 0.15) is 38.5 Å². The van der Waals surface area contributed by atoms with Crippen LogP contribution in [-0.2, 0) is 4.79 Å². The Kier molecular flexibility index (Phi) is 2.27. The summed E-state index contributed by atoms with van der Waals surface area (Å²) in [5.74, 6) is -0.0934. The van der Waals surface area contributed by atoms with Crippen LogP contribution in [0.2, 0.25) is 0 Å². The van der Waals surface area contributed by atoms with Gasteiger partial charge in [-0.3, -0.25) is 4.79 Å². The number of hydrogen-bond acceptors (Lipinski definition) is 3. The second kappa shape index (κ2) is 3.21. The van der Waals surface area contributed by atoms with Crippen LogP contribution in [0.15, 0.2) is 0 Å². The average Bonchev–Trinajstić information content (AvgIpc) is 2.07. The predicted octanol–water partition coefficient (Wildman–Crippen LogP) is -0.101. The topological polar surface area (TPSA) is 75.4 Å². The minimum absolute atomic E-state index is 0.0934. The van der Waals surface area contributed by atoms with Crippen molar-refractivity contribution in [2.75, 3.05) is 6.54 Å². The van der Waals surface area contributed by atoms with Crippen molar-refractivity contribution >= 4 is 5.91 Å². The van der Waals surface area contributed by atoms with Crippen molar-refractivity contribution < 1.29 is 9.90 Å². The lowest BCUT2D eigenvalue weighted by Crippen LogP contribution is -2.61. The van der Waals surface area contributed by atoms with Gasteiger partial charge < -0.3 is 16.2 Å². The number of hydrogen-bond donors (Lipinski definition) is 3. The molecule has 14 heavy (non-hydrogen) atoms. The second-order valence-corrected chi connectivity index (χ2v) is 4.77. The number of aliphatic hydroxyl groups is 1. The van der Waals surface area contributed by atoms with Crippen molar-refractivity contribution in [3.8, 4) is 0 Å². The molecule has 0 aromatic heterocycles. The molecule has 0 bridgehead atoms. The Balaban J connectivity index is 1.77. The van der Waals surface area contributed by atoms with Crippen LogP contribution in [0, 0.1) is 0 Å². The van der Waals surface area contributed by atoms with Gasteiger partial charge in [0.25, 0.3) is 0 Å². The van der Waals surface area contributed by atoms with Gasteiger partial charge in [0.15, 0.2) is 0 Å². The van der Waals surface area contributed by atoms with Gasteiger partial charge in [0, 0.05) is 6.54 Å². The Morgan fingerprint density at radius 1 is 1.29 bits per heavy atom. The van der Waals surface area contributed by atoms with Crippen LogP contribution < -0.4 is 11.1 Å². The smallest absolute Gasteiger partial charge is 0.240 e. The number of nitrogens with two attached hydrogens (primary N) is 1. The van der Waals surface area contributed by atoms with Gasteiger partial charge in [-0.2, -0.15) is 0 Å². The fraction of sp³-hybridized carbons (Fsp3) is 0.900. The first-order valence-corrected chi connectivity index (χ1v) is 5.34. The van der Waals surface area contributed by atoms with Gasteiger partial charge in [0.1, 0.15) is 0 Å². The van der Waals surface area contributed by atoms with Crippen molar-refractivity contribution in [2.24, 2.45) is 5.73 Å². The highest BCUT2D eigenvalue weighted by atomic mass is 16.3. The summed E-state index contributed by atoms with van der Waals surface area (Å²) in [7, 11) is 0. The Bertz CT molecular complexity index is 245. The molecule has 0 aromatic rings. The molecule has 0 radical (unpaired) electrons. The van der Waals surface area contributed by atoms with E-state index in [0.717, 1.165) is 38.5 Å². The van der Waals surface area contributed by atoms with Gasteiger partial charge in [0.2, 0.25) is 5.91 Å². The van der Waals surface area contributed by atoms with Gasteiger partial charge in [-0.05, 0) is 38.5 Å². The molecule has 1 amide bonds. The maximum Gasteiger partial charge on any atom is 0.240 e. The minimum Gasteiger partial charge on any atom is -0.388 e. The molecular formula is C10H18N2O2.